The van der Waals surface area contributed by atoms with Crippen molar-refractivity contribution in [3.63, 3.8) is 0 Å². The third-order valence-corrected chi connectivity index (χ3v) is 4.27. The van der Waals surface area contributed by atoms with Crippen LogP contribution in [0.5, 0.6) is 17.2 Å². The summed E-state index contributed by atoms with van der Waals surface area (Å²) in [6.07, 6.45) is 1.75. The Labute approximate surface area is 170 Å². The largest absolute Gasteiger partial charge is 0.497 e. The van der Waals surface area contributed by atoms with Gasteiger partial charge in [-0.05, 0) is 54.4 Å². The van der Waals surface area contributed by atoms with Crippen LogP contribution < -0.4 is 14.2 Å². The molecule has 0 bridgehead atoms. The van der Waals surface area contributed by atoms with Crippen LogP contribution in [0.25, 0.3) is 0 Å². The highest BCUT2D eigenvalue weighted by Crippen LogP contribution is 2.37. The van der Waals surface area contributed by atoms with E-state index >= 15 is 0 Å². The summed E-state index contributed by atoms with van der Waals surface area (Å²) in [5.74, 6) is 1.93. The summed E-state index contributed by atoms with van der Waals surface area (Å²) in [7, 11) is 1.64. The predicted octanol–water partition coefficient (Wildman–Crippen LogP) is 6.08. The summed E-state index contributed by atoms with van der Waals surface area (Å²) in [4.78, 5) is 4.48. The molecule has 0 aromatic heterocycles. The molecule has 0 fully saturated rings. The molecule has 0 aliphatic rings. The molecule has 5 heteroatoms. The van der Waals surface area contributed by atoms with Crippen LogP contribution in [-0.2, 0) is 6.61 Å². The van der Waals surface area contributed by atoms with Gasteiger partial charge in [-0.1, -0.05) is 41.9 Å². The zero-order valence-corrected chi connectivity index (χ0v) is 16.6. The topological polar surface area (TPSA) is 40.0 Å². The van der Waals surface area contributed by atoms with Gasteiger partial charge in [-0.2, -0.15) is 0 Å². The van der Waals surface area contributed by atoms with Crippen LogP contribution in [0.1, 0.15) is 18.1 Å². The lowest BCUT2D eigenvalue weighted by Gasteiger charge is -2.14. The van der Waals surface area contributed by atoms with Gasteiger partial charge in [0, 0.05) is 6.21 Å². The van der Waals surface area contributed by atoms with Gasteiger partial charge in [-0.15, -0.1) is 0 Å². The van der Waals surface area contributed by atoms with Crippen molar-refractivity contribution < 1.29 is 14.2 Å². The molecule has 0 radical (unpaired) electrons. The SMILES string of the molecule is CCOc1cc(C=Nc2ccc(OC)cc2)cc(Cl)c1OCc1ccccc1. The van der Waals surface area contributed by atoms with Crippen molar-refractivity contribution in [3.8, 4) is 17.2 Å². The van der Waals surface area contributed by atoms with Gasteiger partial charge in [-0.3, -0.25) is 4.99 Å². The van der Waals surface area contributed by atoms with E-state index in [1.165, 1.54) is 0 Å². The molecule has 28 heavy (non-hydrogen) atoms. The first-order valence-corrected chi connectivity index (χ1v) is 9.38. The highest BCUT2D eigenvalue weighted by atomic mass is 35.5. The molecule has 0 atom stereocenters. The van der Waals surface area contributed by atoms with Gasteiger partial charge in [0.2, 0.25) is 0 Å². The fourth-order valence-electron chi connectivity index (χ4n) is 2.61. The quantitative estimate of drug-likeness (QED) is 0.434. The molecule has 0 unspecified atom stereocenters. The standard InChI is InChI=1S/C23H22ClNO3/c1-3-27-22-14-18(15-25-19-9-11-20(26-2)12-10-19)13-21(24)23(22)28-16-17-7-5-4-6-8-17/h4-15H,3,16H2,1-2H3. The second-order valence-electron chi connectivity index (χ2n) is 5.99. The molecule has 0 saturated heterocycles. The van der Waals surface area contributed by atoms with E-state index in [4.69, 9.17) is 25.8 Å². The molecule has 3 rings (SSSR count). The van der Waals surface area contributed by atoms with Gasteiger partial charge in [0.05, 0.1) is 24.4 Å². The lowest BCUT2D eigenvalue weighted by molar-refractivity contribution is 0.269. The fourth-order valence-corrected chi connectivity index (χ4v) is 2.89. The Kier molecular flexibility index (Phi) is 6.93. The van der Waals surface area contributed by atoms with Gasteiger partial charge >= 0.3 is 0 Å². The number of nitrogens with zero attached hydrogens (tertiary/aromatic N) is 1. The summed E-state index contributed by atoms with van der Waals surface area (Å²) in [5.41, 5.74) is 2.71. The number of methoxy groups -OCH3 is 1. The maximum Gasteiger partial charge on any atom is 0.180 e. The zero-order chi connectivity index (χ0) is 19.8. The van der Waals surface area contributed by atoms with Gasteiger partial charge in [0.25, 0.3) is 0 Å². The van der Waals surface area contributed by atoms with Crippen molar-refractivity contribution in [2.45, 2.75) is 13.5 Å². The molecule has 4 nitrogen and oxygen atoms in total. The number of benzene rings is 3. The van der Waals surface area contributed by atoms with Crippen LogP contribution >= 0.6 is 11.6 Å². The third kappa shape index (κ3) is 5.27. The highest BCUT2D eigenvalue weighted by Gasteiger charge is 2.12. The number of halogens is 1. The molecule has 0 heterocycles. The van der Waals surface area contributed by atoms with E-state index in [1.807, 2.05) is 73.7 Å². The molecule has 3 aromatic carbocycles. The Morgan fingerprint density at radius 1 is 0.964 bits per heavy atom. The Balaban J connectivity index is 1.80. The first-order valence-electron chi connectivity index (χ1n) is 9.00. The Bertz CT molecular complexity index is 925. The van der Waals surface area contributed by atoms with E-state index < -0.39 is 0 Å². The third-order valence-electron chi connectivity index (χ3n) is 3.99. The van der Waals surface area contributed by atoms with E-state index in [-0.39, 0.29) is 0 Å². The number of hydrogen-bond donors (Lipinski definition) is 0. The molecule has 3 aromatic rings. The number of rotatable bonds is 8. The number of aliphatic imine (C=N–C) groups is 1. The van der Waals surface area contributed by atoms with Crippen LogP contribution in [0.15, 0.2) is 71.7 Å². The highest BCUT2D eigenvalue weighted by molar-refractivity contribution is 6.32. The van der Waals surface area contributed by atoms with E-state index in [0.717, 1.165) is 22.6 Å². The second kappa shape index (κ2) is 9.81. The number of hydrogen-bond acceptors (Lipinski definition) is 4. The van der Waals surface area contributed by atoms with Crippen molar-refractivity contribution in [2.75, 3.05) is 13.7 Å². The van der Waals surface area contributed by atoms with Crippen molar-refractivity contribution in [1.29, 1.82) is 0 Å². The normalized spacial score (nSPS) is 10.8. The zero-order valence-electron chi connectivity index (χ0n) is 15.9. The van der Waals surface area contributed by atoms with Crippen molar-refractivity contribution in [3.05, 3.63) is 82.9 Å². The average Bonchev–Trinajstić information content (AvgIpc) is 2.73. The lowest BCUT2D eigenvalue weighted by Crippen LogP contribution is -2.01. The van der Waals surface area contributed by atoms with Crippen LogP contribution in [0, 0.1) is 0 Å². The van der Waals surface area contributed by atoms with Crippen LogP contribution in [0.4, 0.5) is 5.69 Å². The van der Waals surface area contributed by atoms with E-state index in [1.54, 1.807) is 13.3 Å². The minimum absolute atomic E-state index is 0.417. The summed E-state index contributed by atoms with van der Waals surface area (Å²) in [6.45, 7) is 2.85. The Hall–Kier alpha value is -2.98. The molecular formula is C23H22ClNO3. The van der Waals surface area contributed by atoms with Gasteiger partial charge in [-0.25, -0.2) is 0 Å². The van der Waals surface area contributed by atoms with E-state index in [2.05, 4.69) is 4.99 Å². The van der Waals surface area contributed by atoms with E-state index in [9.17, 15) is 0 Å². The fraction of sp³-hybridized carbons (Fsp3) is 0.174. The summed E-state index contributed by atoms with van der Waals surface area (Å²) >= 11 is 6.47. The lowest BCUT2D eigenvalue weighted by atomic mass is 10.2. The number of ether oxygens (including phenoxy) is 3. The second-order valence-corrected chi connectivity index (χ2v) is 6.40. The van der Waals surface area contributed by atoms with Crippen molar-refractivity contribution in [2.24, 2.45) is 4.99 Å². The van der Waals surface area contributed by atoms with Gasteiger partial charge < -0.3 is 14.2 Å². The van der Waals surface area contributed by atoms with Gasteiger partial charge in [0.15, 0.2) is 11.5 Å². The van der Waals surface area contributed by atoms with Crippen LogP contribution in [-0.4, -0.2) is 19.9 Å². The summed E-state index contributed by atoms with van der Waals surface area (Å²) in [5, 5.41) is 0.484. The van der Waals surface area contributed by atoms with Crippen LogP contribution in [0.2, 0.25) is 5.02 Å². The van der Waals surface area contributed by atoms with Crippen LogP contribution in [0.3, 0.4) is 0 Å². The van der Waals surface area contributed by atoms with Gasteiger partial charge in [0.1, 0.15) is 12.4 Å². The molecule has 0 aliphatic carbocycles. The predicted molar refractivity (Wildman–Crippen MR) is 114 cm³/mol. The molecule has 0 aliphatic heterocycles. The maximum atomic E-state index is 6.47. The molecule has 0 saturated carbocycles. The molecular weight excluding hydrogens is 374 g/mol. The minimum atomic E-state index is 0.417. The van der Waals surface area contributed by atoms with Crippen molar-refractivity contribution >= 4 is 23.5 Å². The van der Waals surface area contributed by atoms with Crippen molar-refractivity contribution in [1.82, 2.24) is 0 Å². The monoisotopic (exact) mass is 395 g/mol. The smallest absolute Gasteiger partial charge is 0.180 e. The van der Waals surface area contributed by atoms with E-state index in [0.29, 0.717) is 29.7 Å². The summed E-state index contributed by atoms with van der Waals surface area (Å²) < 4.78 is 16.8. The molecule has 0 spiro atoms. The Morgan fingerprint density at radius 2 is 1.71 bits per heavy atom. The minimum Gasteiger partial charge on any atom is -0.497 e. The first-order chi connectivity index (χ1) is 13.7. The first kappa shape index (κ1) is 19.8. The molecule has 0 N–H and O–H groups in total. The summed E-state index contributed by atoms with van der Waals surface area (Å²) in [6, 6.07) is 21.1. The molecule has 0 amide bonds. The average molecular weight is 396 g/mol. The Morgan fingerprint density at radius 3 is 2.39 bits per heavy atom. The molecule has 144 valence electrons. The maximum absolute atomic E-state index is 6.47.